The Bertz CT molecular complexity index is 738. The van der Waals surface area contributed by atoms with Crippen LogP contribution in [-0.4, -0.2) is 33.3 Å². The number of nitrogens with one attached hydrogen (secondary N) is 2. The summed E-state index contributed by atoms with van der Waals surface area (Å²) in [5.74, 6) is 2.93. The van der Waals surface area contributed by atoms with Crippen molar-refractivity contribution in [3.8, 4) is 17.2 Å². The lowest BCUT2D eigenvalue weighted by molar-refractivity contribution is 0.311. The van der Waals surface area contributed by atoms with Crippen LogP contribution in [0.5, 0.6) is 17.2 Å². The van der Waals surface area contributed by atoms with E-state index in [2.05, 4.69) is 15.6 Å². The Morgan fingerprint density at radius 1 is 1.00 bits per heavy atom. The second kappa shape index (κ2) is 12.3. The lowest BCUT2D eigenvalue weighted by Crippen LogP contribution is -2.30. The van der Waals surface area contributed by atoms with E-state index in [-0.39, 0.29) is 24.0 Å². The molecule has 2 aromatic rings. The third kappa shape index (κ3) is 7.16. The van der Waals surface area contributed by atoms with E-state index in [9.17, 15) is 0 Å². The van der Waals surface area contributed by atoms with Crippen molar-refractivity contribution in [2.24, 2.45) is 4.99 Å². The summed E-state index contributed by atoms with van der Waals surface area (Å²) in [4.78, 5) is 4.64. The van der Waals surface area contributed by atoms with E-state index in [4.69, 9.17) is 14.2 Å². The molecule has 27 heavy (non-hydrogen) atoms. The molecule has 2 N–H and O–H groups in total. The van der Waals surface area contributed by atoms with Crippen molar-refractivity contribution in [3.63, 3.8) is 0 Å². The monoisotopic (exact) mass is 485 g/mol. The summed E-state index contributed by atoms with van der Waals surface area (Å²) in [5, 5.41) is 6.55. The van der Waals surface area contributed by atoms with Gasteiger partial charge in [-0.3, -0.25) is 0 Å². The number of aliphatic imine (C=N–C) groups is 1. The summed E-state index contributed by atoms with van der Waals surface area (Å²) in [6, 6.07) is 13.6. The van der Waals surface area contributed by atoms with Gasteiger partial charge < -0.3 is 24.8 Å². The number of halogens is 1. The highest BCUT2D eigenvalue weighted by Crippen LogP contribution is 2.30. The van der Waals surface area contributed by atoms with Crippen molar-refractivity contribution in [2.45, 2.75) is 20.4 Å². The van der Waals surface area contributed by atoms with Gasteiger partial charge in [-0.15, -0.1) is 24.0 Å². The maximum absolute atomic E-state index is 5.63. The van der Waals surface area contributed by atoms with Crippen LogP contribution in [0, 0.1) is 0 Å². The first kappa shape index (κ1) is 22.9. The first-order chi connectivity index (χ1) is 12.7. The minimum atomic E-state index is 0. The molecule has 2 rings (SSSR count). The number of guanidine groups is 1. The molecule has 0 heterocycles. The average molecular weight is 485 g/mol. The van der Waals surface area contributed by atoms with Crippen molar-refractivity contribution >= 4 is 35.6 Å². The molecule has 148 valence electrons. The number of nitrogens with zero attached hydrogens (tertiary/aromatic N) is 1. The second-order valence-electron chi connectivity index (χ2n) is 5.47. The van der Waals surface area contributed by atoms with Crippen LogP contribution in [0.15, 0.2) is 47.5 Å². The van der Waals surface area contributed by atoms with E-state index in [1.807, 2.05) is 56.3 Å². The zero-order valence-corrected chi connectivity index (χ0v) is 18.6. The molecule has 2 aromatic carbocycles. The summed E-state index contributed by atoms with van der Waals surface area (Å²) in [6.07, 6.45) is 0. The lowest BCUT2D eigenvalue weighted by atomic mass is 10.2. The molecule has 6 nitrogen and oxygen atoms in total. The number of anilines is 1. The van der Waals surface area contributed by atoms with Crippen molar-refractivity contribution in [2.75, 3.05) is 32.7 Å². The molecule has 0 aliphatic carbocycles. The number of rotatable bonds is 8. The molecule has 0 aliphatic rings. The summed E-state index contributed by atoms with van der Waals surface area (Å²) in [7, 11) is 3.29. The molecule has 0 spiro atoms. The summed E-state index contributed by atoms with van der Waals surface area (Å²) >= 11 is 0. The van der Waals surface area contributed by atoms with Crippen LogP contribution < -0.4 is 24.8 Å². The van der Waals surface area contributed by atoms with E-state index in [0.29, 0.717) is 30.6 Å². The van der Waals surface area contributed by atoms with Crippen LogP contribution in [0.2, 0.25) is 0 Å². The highest BCUT2D eigenvalue weighted by atomic mass is 127. The van der Waals surface area contributed by atoms with Crippen LogP contribution in [0.1, 0.15) is 19.4 Å². The van der Waals surface area contributed by atoms with E-state index in [1.165, 1.54) is 0 Å². The molecule has 0 unspecified atom stereocenters. The van der Waals surface area contributed by atoms with Gasteiger partial charge in [-0.1, -0.05) is 12.1 Å². The molecule has 0 atom stereocenters. The Labute approximate surface area is 178 Å². The van der Waals surface area contributed by atoms with Crippen molar-refractivity contribution in [1.29, 1.82) is 0 Å². The maximum atomic E-state index is 5.63. The number of benzene rings is 2. The van der Waals surface area contributed by atoms with Gasteiger partial charge >= 0.3 is 0 Å². The highest BCUT2D eigenvalue weighted by molar-refractivity contribution is 14.0. The Morgan fingerprint density at radius 3 is 2.48 bits per heavy atom. The zero-order chi connectivity index (χ0) is 18.8. The van der Waals surface area contributed by atoms with Crippen molar-refractivity contribution in [1.82, 2.24) is 5.32 Å². The van der Waals surface area contributed by atoms with Crippen LogP contribution in [0.3, 0.4) is 0 Å². The lowest BCUT2D eigenvalue weighted by Gasteiger charge is -2.14. The molecule has 0 saturated carbocycles. The minimum absolute atomic E-state index is 0. The van der Waals surface area contributed by atoms with Crippen LogP contribution in [0.4, 0.5) is 5.69 Å². The first-order valence-corrected chi connectivity index (χ1v) is 8.69. The van der Waals surface area contributed by atoms with E-state index >= 15 is 0 Å². The fourth-order valence-corrected chi connectivity index (χ4v) is 2.41. The molecular weight excluding hydrogens is 457 g/mol. The number of hydrogen-bond acceptors (Lipinski definition) is 4. The van der Waals surface area contributed by atoms with Gasteiger partial charge in [-0.2, -0.15) is 0 Å². The van der Waals surface area contributed by atoms with Gasteiger partial charge in [0.05, 0.1) is 27.4 Å². The molecule has 0 saturated heterocycles. The predicted octanol–water partition coefficient (Wildman–Crippen LogP) is 4.30. The molecule has 0 aromatic heterocycles. The minimum Gasteiger partial charge on any atom is -0.497 e. The Morgan fingerprint density at radius 2 is 1.81 bits per heavy atom. The van der Waals surface area contributed by atoms with Crippen LogP contribution in [-0.2, 0) is 6.54 Å². The van der Waals surface area contributed by atoms with Crippen LogP contribution in [0.25, 0.3) is 0 Å². The number of methoxy groups -OCH3 is 2. The molecule has 0 aliphatic heterocycles. The van der Waals surface area contributed by atoms with E-state index in [1.54, 1.807) is 14.2 Å². The molecule has 0 amide bonds. The quantitative estimate of drug-likeness (QED) is 0.332. The summed E-state index contributed by atoms with van der Waals surface area (Å²) in [6.45, 7) is 5.85. The molecule has 0 fully saturated rings. The fraction of sp³-hybridized carbons (Fsp3) is 0.350. The smallest absolute Gasteiger partial charge is 0.196 e. The number of ether oxygens (including phenoxy) is 3. The predicted molar refractivity (Wildman–Crippen MR) is 121 cm³/mol. The van der Waals surface area contributed by atoms with Gasteiger partial charge in [-0.25, -0.2) is 4.99 Å². The molecule has 0 radical (unpaired) electrons. The third-order valence-electron chi connectivity index (χ3n) is 3.62. The van der Waals surface area contributed by atoms with Crippen molar-refractivity contribution in [3.05, 3.63) is 48.0 Å². The second-order valence-corrected chi connectivity index (χ2v) is 5.47. The molecule has 7 heteroatoms. The fourth-order valence-electron chi connectivity index (χ4n) is 2.41. The standard InChI is InChI=1S/C20H27N3O3.HI/c1-5-21-20(22-14-15-8-7-9-17(12-15)24-3)23-16-10-11-18(25-4)19(13-16)26-6-2;/h7-13H,5-6,14H2,1-4H3,(H2,21,22,23);1H. The first-order valence-electron chi connectivity index (χ1n) is 8.69. The van der Waals surface area contributed by atoms with Gasteiger partial charge in [0.25, 0.3) is 0 Å². The Kier molecular flexibility index (Phi) is 10.4. The molecular formula is C20H28IN3O3. The van der Waals surface area contributed by atoms with Gasteiger partial charge in [0.1, 0.15) is 5.75 Å². The van der Waals surface area contributed by atoms with Crippen LogP contribution >= 0.6 is 24.0 Å². The van der Waals surface area contributed by atoms with Gasteiger partial charge in [0, 0.05) is 18.3 Å². The number of hydrogen-bond donors (Lipinski definition) is 2. The van der Waals surface area contributed by atoms with E-state index in [0.717, 1.165) is 23.5 Å². The van der Waals surface area contributed by atoms with Gasteiger partial charge in [0.15, 0.2) is 17.5 Å². The topological polar surface area (TPSA) is 64.1 Å². The van der Waals surface area contributed by atoms with Crippen molar-refractivity contribution < 1.29 is 14.2 Å². The summed E-state index contributed by atoms with van der Waals surface area (Å²) in [5.41, 5.74) is 1.95. The largest absolute Gasteiger partial charge is 0.497 e. The normalized spacial score (nSPS) is 10.6. The maximum Gasteiger partial charge on any atom is 0.196 e. The highest BCUT2D eigenvalue weighted by Gasteiger charge is 2.07. The zero-order valence-electron chi connectivity index (χ0n) is 16.2. The van der Waals surface area contributed by atoms with E-state index < -0.39 is 0 Å². The van der Waals surface area contributed by atoms with Gasteiger partial charge in [-0.05, 0) is 43.7 Å². The average Bonchev–Trinajstić information content (AvgIpc) is 2.67. The third-order valence-corrected chi connectivity index (χ3v) is 3.62. The molecule has 0 bridgehead atoms. The Hall–Kier alpha value is -2.16. The summed E-state index contributed by atoms with van der Waals surface area (Å²) < 4.78 is 16.2. The SMILES string of the molecule is CCNC(=NCc1cccc(OC)c1)Nc1ccc(OC)c(OCC)c1.I. The van der Waals surface area contributed by atoms with Gasteiger partial charge in [0.2, 0.25) is 0 Å². The Balaban J connectivity index is 0.00000364.